The zero-order chi connectivity index (χ0) is 18.4. The maximum absolute atomic E-state index is 12.4. The van der Waals surface area contributed by atoms with Gasteiger partial charge in [-0.3, -0.25) is 10.1 Å². The van der Waals surface area contributed by atoms with Crippen molar-refractivity contribution in [3.63, 3.8) is 0 Å². The molecule has 3 rings (SSSR count). The molecule has 1 heterocycles. The van der Waals surface area contributed by atoms with Crippen molar-refractivity contribution in [2.75, 3.05) is 25.6 Å². The molecule has 2 amide bonds. The number of rotatable bonds is 4. The van der Waals surface area contributed by atoms with E-state index in [2.05, 4.69) is 15.4 Å². The average molecular weight is 356 g/mol. The van der Waals surface area contributed by atoms with E-state index in [9.17, 15) is 9.59 Å². The second kappa shape index (κ2) is 8.24. The fourth-order valence-corrected chi connectivity index (χ4v) is 2.46. The molecule has 0 spiro atoms. The maximum atomic E-state index is 12.4. The fourth-order valence-electron chi connectivity index (χ4n) is 2.46. The molecule has 2 aromatic rings. The minimum absolute atomic E-state index is 0.197. The summed E-state index contributed by atoms with van der Waals surface area (Å²) >= 11 is 0. The topological polar surface area (TPSA) is 85.9 Å². The standard InChI is InChI=1S/C19H20N2O5/c1-24-19(23)21-15-6-3-13(4-7-15)12-20-18(22)14-5-8-16-17(11-14)26-10-2-9-25-16/h3-8,11H,2,9-10,12H2,1H3,(H,20,22)(H,21,23). The number of nitrogens with one attached hydrogen (secondary N) is 2. The van der Waals surface area contributed by atoms with Crippen LogP contribution in [0.3, 0.4) is 0 Å². The van der Waals surface area contributed by atoms with Crippen molar-refractivity contribution in [2.45, 2.75) is 13.0 Å². The van der Waals surface area contributed by atoms with E-state index in [4.69, 9.17) is 9.47 Å². The van der Waals surface area contributed by atoms with Gasteiger partial charge in [0, 0.05) is 24.2 Å². The van der Waals surface area contributed by atoms with Crippen LogP contribution in [0, 0.1) is 0 Å². The second-order valence-electron chi connectivity index (χ2n) is 5.71. The number of amides is 2. The largest absolute Gasteiger partial charge is 0.490 e. The van der Waals surface area contributed by atoms with Gasteiger partial charge in [0.15, 0.2) is 11.5 Å². The minimum Gasteiger partial charge on any atom is -0.490 e. The van der Waals surface area contributed by atoms with E-state index in [0.717, 1.165) is 12.0 Å². The van der Waals surface area contributed by atoms with Crippen LogP contribution in [0.25, 0.3) is 0 Å². The van der Waals surface area contributed by atoms with Gasteiger partial charge in [-0.15, -0.1) is 0 Å². The van der Waals surface area contributed by atoms with Gasteiger partial charge < -0.3 is 19.5 Å². The summed E-state index contributed by atoms with van der Waals surface area (Å²) in [5.41, 5.74) is 2.04. The Morgan fingerprint density at radius 2 is 1.77 bits per heavy atom. The molecule has 0 unspecified atom stereocenters. The summed E-state index contributed by atoms with van der Waals surface area (Å²) in [5, 5.41) is 5.43. The van der Waals surface area contributed by atoms with E-state index < -0.39 is 6.09 Å². The number of hydrogen-bond acceptors (Lipinski definition) is 5. The lowest BCUT2D eigenvalue weighted by Crippen LogP contribution is -2.22. The van der Waals surface area contributed by atoms with Gasteiger partial charge in [-0.05, 0) is 35.9 Å². The normalized spacial score (nSPS) is 12.7. The highest BCUT2D eigenvalue weighted by Gasteiger charge is 2.14. The molecule has 0 aliphatic carbocycles. The number of carbonyl (C=O) groups is 2. The van der Waals surface area contributed by atoms with E-state index >= 15 is 0 Å². The Kier molecular flexibility index (Phi) is 5.58. The van der Waals surface area contributed by atoms with Crippen molar-refractivity contribution in [1.82, 2.24) is 5.32 Å². The summed E-state index contributed by atoms with van der Waals surface area (Å²) in [6, 6.07) is 12.3. The monoisotopic (exact) mass is 356 g/mol. The van der Waals surface area contributed by atoms with Gasteiger partial charge in [-0.1, -0.05) is 12.1 Å². The van der Waals surface area contributed by atoms with Crippen molar-refractivity contribution in [2.24, 2.45) is 0 Å². The third-order valence-electron chi connectivity index (χ3n) is 3.85. The molecule has 0 aromatic heterocycles. The molecule has 0 radical (unpaired) electrons. The molecule has 0 saturated carbocycles. The maximum Gasteiger partial charge on any atom is 0.411 e. The predicted octanol–water partition coefficient (Wildman–Crippen LogP) is 2.96. The number of carbonyl (C=O) groups excluding carboxylic acids is 2. The molecule has 2 aromatic carbocycles. The van der Waals surface area contributed by atoms with Crippen LogP contribution in [-0.2, 0) is 11.3 Å². The number of fused-ring (bicyclic) bond motifs is 1. The van der Waals surface area contributed by atoms with Gasteiger partial charge in [0.1, 0.15) is 0 Å². The van der Waals surface area contributed by atoms with Gasteiger partial charge >= 0.3 is 6.09 Å². The summed E-state index contributed by atoms with van der Waals surface area (Å²) in [6.07, 6.45) is 0.289. The molecule has 136 valence electrons. The molecule has 7 heteroatoms. The summed E-state index contributed by atoms with van der Waals surface area (Å²) in [5.74, 6) is 1.05. The van der Waals surface area contributed by atoms with Crippen molar-refractivity contribution in [3.05, 3.63) is 53.6 Å². The van der Waals surface area contributed by atoms with Crippen molar-refractivity contribution in [3.8, 4) is 11.5 Å². The van der Waals surface area contributed by atoms with E-state index in [1.54, 1.807) is 30.3 Å². The first-order valence-electron chi connectivity index (χ1n) is 8.27. The molecule has 1 aliphatic heterocycles. The first-order chi connectivity index (χ1) is 12.7. The van der Waals surface area contributed by atoms with Gasteiger partial charge in [0.2, 0.25) is 0 Å². The van der Waals surface area contributed by atoms with Crippen LogP contribution in [0.15, 0.2) is 42.5 Å². The Hall–Kier alpha value is -3.22. The summed E-state index contributed by atoms with van der Waals surface area (Å²) in [7, 11) is 1.30. The molecule has 26 heavy (non-hydrogen) atoms. The van der Waals surface area contributed by atoms with Crippen molar-refractivity contribution < 1.29 is 23.8 Å². The van der Waals surface area contributed by atoms with Crippen molar-refractivity contribution in [1.29, 1.82) is 0 Å². The highest BCUT2D eigenvalue weighted by atomic mass is 16.5. The first kappa shape index (κ1) is 17.6. The molecule has 0 bridgehead atoms. The zero-order valence-electron chi connectivity index (χ0n) is 14.4. The first-order valence-corrected chi connectivity index (χ1v) is 8.27. The Labute approximate surface area is 151 Å². The zero-order valence-corrected chi connectivity index (χ0v) is 14.4. The highest BCUT2D eigenvalue weighted by molar-refractivity contribution is 5.94. The van der Waals surface area contributed by atoms with Gasteiger partial charge in [0.25, 0.3) is 5.91 Å². The summed E-state index contributed by atoms with van der Waals surface area (Å²) in [6.45, 7) is 1.55. The van der Waals surface area contributed by atoms with Crippen LogP contribution in [0.5, 0.6) is 11.5 Å². The molecule has 1 aliphatic rings. The molecule has 7 nitrogen and oxygen atoms in total. The van der Waals surface area contributed by atoms with Crippen LogP contribution < -0.4 is 20.1 Å². The smallest absolute Gasteiger partial charge is 0.411 e. The van der Waals surface area contributed by atoms with E-state index in [1.165, 1.54) is 7.11 Å². The van der Waals surface area contributed by atoms with Gasteiger partial charge in [-0.25, -0.2) is 4.79 Å². The Morgan fingerprint density at radius 1 is 1.04 bits per heavy atom. The predicted molar refractivity (Wildman–Crippen MR) is 95.7 cm³/mol. The lowest BCUT2D eigenvalue weighted by atomic mass is 10.1. The van der Waals surface area contributed by atoms with Gasteiger partial charge in [0.05, 0.1) is 20.3 Å². The molecular weight excluding hydrogens is 336 g/mol. The number of anilines is 1. The Morgan fingerprint density at radius 3 is 2.50 bits per heavy atom. The molecule has 0 atom stereocenters. The van der Waals surface area contributed by atoms with Crippen LogP contribution in [0.4, 0.5) is 10.5 Å². The third-order valence-corrected chi connectivity index (χ3v) is 3.85. The molecule has 2 N–H and O–H groups in total. The lowest BCUT2D eigenvalue weighted by Gasteiger charge is -2.10. The molecule has 0 saturated heterocycles. The second-order valence-corrected chi connectivity index (χ2v) is 5.71. The quantitative estimate of drug-likeness (QED) is 0.880. The number of benzene rings is 2. The van der Waals surface area contributed by atoms with Crippen LogP contribution in [0.1, 0.15) is 22.3 Å². The van der Waals surface area contributed by atoms with E-state index in [1.807, 2.05) is 12.1 Å². The Balaban J connectivity index is 1.58. The highest BCUT2D eigenvalue weighted by Crippen LogP contribution is 2.30. The molecular formula is C19H20N2O5. The fraction of sp³-hybridized carbons (Fsp3) is 0.263. The minimum atomic E-state index is -0.527. The van der Waals surface area contributed by atoms with Crippen molar-refractivity contribution >= 4 is 17.7 Å². The van der Waals surface area contributed by atoms with Crippen LogP contribution in [0.2, 0.25) is 0 Å². The number of ether oxygens (including phenoxy) is 3. The van der Waals surface area contributed by atoms with E-state index in [-0.39, 0.29) is 5.91 Å². The van der Waals surface area contributed by atoms with Crippen LogP contribution >= 0.6 is 0 Å². The lowest BCUT2D eigenvalue weighted by molar-refractivity contribution is 0.0950. The average Bonchev–Trinajstić information content (AvgIpc) is 2.91. The molecule has 0 fully saturated rings. The summed E-state index contributed by atoms with van der Waals surface area (Å²) in [4.78, 5) is 23.5. The summed E-state index contributed by atoms with van der Waals surface area (Å²) < 4.78 is 15.7. The number of methoxy groups -OCH3 is 1. The van der Waals surface area contributed by atoms with E-state index in [0.29, 0.717) is 42.5 Å². The Bertz CT molecular complexity index is 789. The number of hydrogen-bond donors (Lipinski definition) is 2. The van der Waals surface area contributed by atoms with Crippen LogP contribution in [-0.4, -0.2) is 32.3 Å². The third kappa shape index (κ3) is 4.44. The SMILES string of the molecule is COC(=O)Nc1ccc(CNC(=O)c2ccc3c(c2)OCCCO3)cc1. The van der Waals surface area contributed by atoms with Gasteiger partial charge in [-0.2, -0.15) is 0 Å².